The summed E-state index contributed by atoms with van der Waals surface area (Å²) in [5.41, 5.74) is 4.20. The van der Waals surface area contributed by atoms with E-state index >= 15 is 0 Å². The number of anilines is 2. The Morgan fingerprint density at radius 3 is 2.84 bits per heavy atom. The fourth-order valence-corrected chi connectivity index (χ4v) is 1.93. The maximum absolute atomic E-state index is 12.0. The number of hydrazine groups is 1. The van der Waals surface area contributed by atoms with Gasteiger partial charge in [0.25, 0.3) is 5.91 Å². The second kappa shape index (κ2) is 5.77. The van der Waals surface area contributed by atoms with Gasteiger partial charge in [-0.15, -0.1) is 0 Å². The number of nitrogens with one attached hydrogen (secondary N) is 2. The molecule has 0 bridgehead atoms. The maximum atomic E-state index is 12.0. The first kappa shape index (κ1) is 13.4. The van der Waals surface area contributed by atoms with E-state index in [-0.39, 0.29) is 11.6 Å². The van der Waals surface area contributed by atoms with Crippen molar-refractivity contribution in [3.63, 3.8) is 0 Å². The molecule has 0 aliphatic heterocycles. The average Bonchev–Trinajstić information content (AvgIpc) is 2.42. The highest BCUT2D eigenvalue weighted by Crippen LogP contribution is 2.17. The first-order valence-electron chi connectivity index (χ1n) is 5.46. The van der Waals surface area contributed by atoms with Crippen LogP contribution in [0.25, 0.3) is 0 Å². The molecule has 0 unspecified atom stereocenters. The molecule has 0 aliphatic carbocycles. The molecular formula is C12H12BrN5O. The lowest BCUT2D eigenvalue weighted by molar-refractivity contribution is 0.102. The number of hydrogen-bond acceptors (Lipinski definition) is 5. The van der Waals surface area contributed by atoms with E-state index in [1.807, 2.05) is 13.0 Å². The van der Waals surface area contributed by atoms with Crippen LogP contribution >= 0.6 is 15.9 Å². The van der Waals surface area contributed by atoms with Crippen molar-refractivity contribution in [2.75, 3.05) is 10.7 Å². The van der Waals surface area contributed by atoms with Crippen LogP contribution in [0.2, 0.25) is 0 Å². The normalized spacial score (nSPS) is 10.1. The van der Waals surface area contributed by atoms with E-state index in [4.69, 9.17) is 5.84 Å². The third-order valence-corrected chi connectivity index (χ3v) is 2.87. The predicted molar refractivity (Wildman–Crippen MR) is 76.7 cm³/mol. The van der Waals surface area contributed by atoms with Gasteiger partial charge >= 0.3 is 0 Å². The monoisotopic (exact) mass is 321 g/mol. The molecule has 0 spiro atoms. The van der Waals surface area contributed by atoms with E-state index in [1.54, 1.807) is 18.3 Å². The van der Waals surface area contributed by atoms with Crippen molar-refractivity contribution < 1.29 is 4.79 Å². The molecule has 0 saturated heterocycles. The molecule has 0 aliphatic rings. The van der Waals surface area contributed by atoms with Crippen molar-refractivity contribution in [2.45, 2.75) is 6.92 Å². The molecule has 19 heavy (non-hydrogen) atoms. The van der Waals surface area contributed by atoms with Gasteiger partial charge in [0.05, 0.1) is 5.69 Å². The fourth-order valence-electron chi connectivity index (χ4n) is 1.49. The van der Waals surface area contributed by atoms with Crippen LogP contribution in [0, 0.1) is 6.92 Å². The molecule has 6 nitrogen and oxygen atoms in total. The Balaban J connectivity index is 2.20. The van der Waals surface area contributed by atoms with Crippen LogP contribution in [0.3, 0.4) is 0 Å². The van der Waals surface area contributed by atoms with Gasteiger partial charge in [-0.25, -0.2) is 4.98 Å². The molecular weight excluding hydrogens is 310 g/mol. The van der Waals surface area contributed by atoms with Crippen molar-refractivity contribution >= 4 is 33.3 Å². The molecule has 0 aromatic carbocycles. The number of hydrogen-bond donors (Lipinski definition) is 3. The second-order valence-corrected chi connectivity index (χ2v) is 4.76. The molecule has 0 fully saturated rings. The number of pyridine rings is 2. The summed E-state index contributed by atoms with van der Waals surface area (Å²) >= 11 is 3.32. The van der Waals surface area contributed by atoms with Crippen molar-refractivity contribution in [1.82, 2.24) is 9.97 Å². The fraction of sp³-hybridized carbons (Fsp3) is 0.0833. The van der Waals surface area contributed by atoms with Crippen molar-refractivity contribution in [1.29, 1.82) is 0 Å². The second-order valence-electron chi connectivity index (χ2n) is 3.85. The molecule has 4 N–H and O–H groups in total. The van der Waals surface area contributed by atoms with Gasteiger partial charge < -0.3 is 10.7 Å². The smallest absolute Gasteiger partial charge is 0.275 e. The molecule has 0 saturated carbocycles. The average molecular weight is 322 g/mol. The molecule has 7 heteroatoms. The summed E-state index contributed by atoms with van der Waals surface area (Å²) in [4.78, 5) is 20.2. The van der Waals surface area contributed by atoms with Gasteiger partial charge in [-0.3, -0.25) is 15.6 Å². The molecule has 0 atom stereocenters. The van der Waals surface area contributed by atoms with E-state index in [0.29, 0.717) is 11.5 Å². The minimum absolute atomic E-state index is 0.263. The van der Waals surface area contributed by atoms with Crippen molar-refractivity contribution in [2.24, 2.45) is 5.84 Å². The zero-order valence-electron chi connectivity index (χ0n) is 10.1. The summed E-state index contributed by atoms with van der Waals surface area (Å²) in [6, 6.07) is 5.09. The van der Waals surface area contributed by atoms with Gasteiger partial charge in [-0.2, -0.15) is 0 Å². The molecule has 0 radical (unpaired) electrons. The van der Waals surface area contributed by atoms with Gasteiger partial charge in [0.1, 0.15) is 11.5 Å². The van der Waals surface area contributed by atoms with E-state index in [0.717, 1.165) is 10.0 Å². The lowest BCUT2D eigenvalue weighted by Crippen LogP contribution is -2.16. The zero-order chi connectivity index (χ0) is 13.8. The lowest BCUT2D eigenvalue weighted by Gasteiger charge is -2.08. The number of carbonyl (C=O) groups excluding carboxylic acids is 1. The number of aryl methyl sites for hydroxylation is 1. The van der Waals surface area contributed by atoms with Crippen LogP contribution in [0.4, 0.5) is 11.5 Å². The molecule has 2 rings (SSSR count). The topological polar surface area (TPSA) is 92.9 Å². The summed E-state index contributed by atoms with van der Waals surface area (Å²) in [6.45, 7) is 1.86. The molecule has 2 aromatic rings. The number of nitrogen functional groups attached to an aromatic ring is 1. The molecule has 98 valence electrons. The zero-order valence-corrected chi connectivity index (χ0v) is 11.7. The number of nitrogens with zero attached hydrogens (tertiary/aromatic N) is 2. The van der Waals surface area contributed by atoms with Gasteiger partial charge in [0.2, 0.25) is 0 Å². The Labute approximate surface area is 118 Å². The van der Waals surface area contributed by atoms with E-state index in [2.05, 4.69) is 36.6 Å². The third kappa shape index (κ3) is 3.27. The summed E-state index contributed by atoms with van der Waals surface area (Å²) in [5.74, 6) is 5.45. The van der Waals surface area contributed by atoms with Gasteiger partial charge in [-0.05, 0) is 46.6 Å². The predicted octanol–water partition coefficient (Wildman–Crippen LogP) is 2.09. The standard InChI is InChI=1S/C12H12BrN5O/c1-7-4-8(13)6-16-11(7)17-12(19)10-5-9(18-14)2-3-15-10/h2-6H,14H2,1H3,(H,15,18)(H,16,17,19). The summed E-state index contributed by atoms with van der Waals surface area (Å²) in [5, 5.41) is 2.70. The minimum Gasteiger partial charge on any atom is -0.324 e. The van der Waals surface area contributed by atoms with Crippen LogP contribution in [-0.2, 0) is 0 Å². The summed E-state index contributed by atoms with van der Waals surface area (Å²) < 4.78 is 0.857. The minimum atomic E-state index is -0.338. The van der Waals surface area contributed by atoms with Crippen LogP contribution in [-0.4, -0.2) is 15.9 Å². The van der Waals surface area contributed by atoms with Crippen molar-refractivity contribution in [3.05, 3.63) is 46.3 Å². The maximum Gasteiger partial charge on any atom is 0.275 e. The van der Waals surface area contributed by atoms with Gasteiger partial charge in [0.15, 0.2) is 0 Å². The molecule has 2 heterocycles. The third-order valence-electron chi connectivity index (χ3n) is 2.44. The number of amides is 1. The largest absolute Gasteiger partial charge is 0.324 e. The number of carbonyl (C=O) groups is 1. The van der Waals surface area contributed by atoms with E-state index < -0.39 is 0 Å². The highest BCUT2D eigenvalue weighted by atomic mass is 79.9. The first-order chi connectivity index (χ1) is 9.10. The van der Waals surface area contributed by atoms with Gasteiger partial charge in [0, 0.05) is 16.9 Å². The Morgan fingerprint density at radius 2 is 2.16 bits per heavy atom. The van der Waals surface area contributed by atoms with E-state index in [9.17, 15) is 4.79 Å². The number of aromatic nitrogens is 2. The highest BCUT2D eigenvalue weighted by Gasteiger charge is 2.10. The summed E-state index contributed by atoms with van der Waals surface area (Å²) in [6.07, 6.45) is 3.12. The first-order valence-corrected chi connectivity index (χ1v) is 6.25. The Bertz CT molecular complexity index is 617. The quantitative estimate of drug-likeness (QED) is 0.594. The van der Waals surface area contributed by atoms with Crippen LogP contribution in [0.5, 0.6) is 0 Å². The Kier molecular flexibility index (Phi) is 4.08. The Hall–Kier alpha value is -1.99. The molecule has 2 aromatic heterocycles. The number of halogens is 1. The lowest BCUT2D eigenvalue weighted by atomic mass is 10.2. The number of nitrogens with two attached hydrogens (primary N) is 1. The highest BCUT2D eigenvalue weighted by molar-refractivity contribution is 9.10. The molecule has 1 amide bonds. The van der Waals surface area contributed by atoms with E-state index in [1.165, 1.54) is 6.20 Å². The van der Waals surface area contributed by atoms with Crippen LogP contribution in [0.1, 0.15) is 16.1 Å². The van der Waals surface area contributed by atoms with Crippen LogP contribution < -0.4 is 16.6 Å². The van der Waals surface area contributed by atoms with Gasteiger partial charge in [-0.1, -0.05) is 0 Å². The Morgan fingerprint density at radius 1 is 1.37 bits per heavy atom. The SMILES string of the molecule is Cc1cc(Br)cnc1NC(=O)c1cc(NN)ccn1. The summed E-state index contributed by atoms with van der Waals surface area (Å²) in [7, 11) is 0. The van der Waals surface area contributed by atoms with Crippen LogP contribution in [0.15, 0.2) is 35.1 Å². The van der Waals surface area contributed by atoms with Crippen molar-refractivity contribution in [3.8, 4) is 0 Å². The number of rotatable bonds is 3.